The second kappa shape index (κ2) is 7.16. The van der Waals surface area contributed by atoms with Crippen molar-refractivity contribution in [1.82, 2.24) is 10.2 Å². The van der Waals surface area contributed by atoms with Crippen molar-refractivity contribution in [3.63, 3.8) is 0 Å². The largest absolute Gasteiger partial charge is 0.325 e. The first-order valence-corrected chi connectivity index (χ1v) is 8.77. The molecule has 0 bridgehead atoms. The second-order valence-electron chi connectivity index (χ2n) is 6.95. The molecule has 0 spiro atoms. The van der Waals surface area contributed by atoms with E-state index < -0.39 is 29.9 Å². The smallest absolute Gasteiger partial charge is 0.324 e. The van der Waals surface area contributed by atoms with Gasteiger partial charge in [-0.05, 0) is 49.6 Å². The van der Waals surface area contributed by atoms with Crippen molar-refractivity contribution in [2.75, 3.05) is 11.9 Å². The lowest BCUT2D eigenvalue weighted by Crippen LogP contribution is -2.42. The molecule has 1 fully saturated rings. The minimum atomic E-state index is -1.33. The molecule has 2 aromatic rings. The summed E-state index contributed by atoms with van der Waals surface area (Å²) in [4.78, 5) is 38.7. The van der Waals surface area contributed by atoms with Crippen molar-refractivity contribution in [1.29, 1.82) is 5.26 Å². The van der Waals surface area contributed by atoms with E-state index >= 15 is 0 Å². The van der Waals surface area contributed by atoms with E-state index in [0.29, 0.717) is 16.8 Å². The van der Waals surface area contributed by atoms with Crippen LogP contribution in [0.25, 0.3) is 0 Å². The third-order valence-electron chi connectivity index (χ3n) is 4.89. The Kier molecular flexibility index (Phi) is 4.89. The predicted octanol–water partition coefficient (Wildman–Crippen LogP) is 2.58. The summed E-state index contributed by atoms with van der Waals surface area (Å²) in [5.41, 5.74) is 1.99. The molecule has 0 aliphatic carbocycles. The third kappa shape index (κ3) is 3.32. The fourth-order valence-corrected chi connectivity index (χ4v) is 3.27. The third-order valence-corrected chi connectivity index (χ3v) is 4.89. The van der Waals surface area contributed by atoms with E-state index in [9.17, 15) is 14.4 Å². The summed E-state index contributed by atoms with van der Waals surface area (Å²) in [6.07, 6.45) is 0. The molecular formula is C21H20N4O3. The minimum Gasteiger partial charge on any atom is -0.324 e. The van der Waals surface area contributed by atoms with Crippen molar-refractivity contribution in [2.45, 2.75) is 26.3 Å². The van der Waals surface area contributed by atoms with Crippen LogP contribution >= 0.6 is 0 Å². The number of urea groups is 1. The summed E-state index contributed by atoms with van der Waals surface area (Å²) in [6, 6.07) is 13.5. The number of para-hydroxylation sites is 1. The predicted molar refractivity (Wildman–Crippen MR) is 103 cm³/mol. The molecule has 2 aromatic carbocycles. The SMILES string of the molecule is Cc1cccc(C)c1NC(=O)CN1C(=O)NC(C)(c2cccc(C#N)c2)C1=O. The van der Waals surface area contributed by atoms with E-state index in [1.54, 1.807) is 31.2 Å². The second-order valence-corrected chi connectivity index (χ2v) is 6.95. The van der Waals surface area contributed by atoms with Crippen LogP contribution in [0.15, 0.2) is 42.5 Å². The maximum Gasteiger partial charge on any atom is 0.325 e. The number of carbonyl (C=O) groups excluding carboxylic acids is 3. The van der Waals surface area contributed by atoms with E-state index in [2.05, 4.69) is 10.6 Å². The molecule has 0 saturated carbocycles. The van der Waals surface area contributed by atoms with Gasteiger partial charge >= 0.3 is 6.03 Å². The Balaban J connectivity index is 1.80. The van der Waals surface area contributed by atoms with Crippen molar-refractivity contribution in [3.8, 4) is 6.07 Å². The summed E-state index contributed by atoms with van der Waals surface area (Å²) >= 11 is 0. The lowest BCUT2D eigenvalue weighted by atomic mass is 9.91. The topological polar surface area (TPSA) is 102 Å². The van der Waals surface area contributed by atoms with Gasteiger partial charge in [-0.3, -0.25) is 14.5 Å². The fourth-order valence-electron chi connectivity index (χ4n) is 3.27. The summed E-state index contributed by atoms with van der Waals surface area (Å²) in [5, 5.41) is 14.5. The maximum absolute atomic E-state index is 12.9. The van der Waals surface area contributed by atoms with Crippen LogP contribution in [0.5, 0.6) is 0 Å². The molecule has 0 radical (unpaired) electrons. The number of carbonyl (C=O) groups is 3. The molecular weight excluding hydrogens is 356 g/mol. The number of aryl methyl sites for hydroxylation is 2. The number of hydrogen-bond acceptors (Lipinski definition) is 4. The summed E-state index contributed by atoms with van der Waals surface area (Å²) in [7, 11) is 0. The maximum atomic E-state index is 12.9. The molecule has 1 aliphatic heterocycles. The van der Waals surface area contributed by atoms with Gasteiger partial charge in [0.2, 0.25) is 5.91 Å². The zero-order valence-corrected chi connectivity index (χ0v) is 15.9. The average molecular weight is 376 g/mol. The summed E-state index contributed by atoms with van der Waals surface area (Å²) in [5.74, 6) is -1.000. The number of amides is 4. The van der Waals surface area contributed by atoms with Crippen LogP contribution < -0.4 is 10.6 Å². The number of anilines is 1. The van der Waals surface area contributed by atoms with Crippen molar-refractivity contribution < 1.29 is 14.4 Å². The Morgan fingerprint density at radius 1 is 1.18 bits per heavy atom. The summed E-state index contributed by atoms with van der Waals surface area (Å²) in [6.45, 7) is 4.91. The zero-order valence-electron chi connectivity index (χ0n) is 15.9. The molecule has 7 nitrogen and oxygen atoms in total. The van der Waals surface area contributed by atoms with Crippen molar-refractivity contribution in [2.24, 2.45) is 0 Å². The van der Waals surface area contributed by atoms with Gasteiger partial charge in [0.25, 0.3) is 5.91 Å². The Bertz CT molecular complexity index is 1000. The highest BCUT2D eigenvalue weighted by atomic mass is 16.2. The van der Waals surface area contributed by atoms with E-state index in [-0.39, 0.29) is 0 Å². The highest BCUT2D eigenvalue weighted by molar-refractivity contribution is 6.10. The van der Waals surface area contributed by atoms with E-state index in [0.717, 1.165) is 16.0 Å². The van der Waals surface area contributed by atoms with Gasteiger partial charge in [-0.2, -0.15) is 5.26 Å². The van der Waals surface area contributed by atoms with Gasteiger partial charge in [-0.15, -0.1) is 0 Å². The van der Waals surface area contributed by atoms with Crippen LogP contribution in [0.4, 0.5) is 10.5 Å². The number of benzene rings is 2. The molecule has 1 atom stereocenters. The van der Waals surface area contributed by atoms with Crippen LogP contribution in [0.3, 0.4) is 0 Å². The molecule has 1 heterocycles. The van der Waals surface area contributed by atoms with Gasteiger partial charge in [-0.25, -0.2) is 4.79 Å². The van der Waals surface area contributed by atoms with Crippen molar-refractivity contribution in [3.05, 3.63) is 64.7 Å². The molecule has 142 valence electrons. The van der Waals surface area contributed by atoms with Crippen LogP contribution in [0.1, 0.15) is 29.2 Å². The fraction of sp³-hybridized carbons (Fsp3) is 0.238. The zero-order chi connectivity index (χ0) is 20.5. The van der Waals surface area contributed by atoms with Crippen LogP contribution in [-0.4, -0.2) is 29.3 Å². The molecule has 1 unspecified atom stereocenters. The number of hydrogen-bond donors (Lipinski definition) is 2. The standard InChI is InChI=1S/C21H20N4O3/c1-13-6-4-7-14(2)18(13)23-17(26)12-25-19(27)21(3,24-20(25)28)16-9-5-8-15(10-16)11-22/h4-10H,12H2,1-3H3,(H,23,26)(H,24,28). The average Bonchev–Trinajstić information content (AvgIpc) is 2.89. The molecule has 28 heavy (non-hydrogen) atoms. The molecule has 1 saturated heterocycles. The highest BCUT2D eigenvalue weighted by Crippen LogP contribution is 2.29. The van der Waals surface area contributed by atoms with Crippen LogP contribution in [0.2, 0.25) is 0 Å². The van der Waals surface area contributed by atoms with Gasteiger partial charge in [0.1, 0.15) is 12.1 Å². The molecule has 7 heteroatoms. The normalized spacial score (nSPS) is 18.6. The number of rotatable bonds is 4. The van der Waals surface area contributed by atoms with Gasteiger partial charge < -0.3 is 10.6 Å². The number of nitriles is 1. The van der Waals surface area contributed by atoms with E-state index in [4.69, 9.17) is 5.26 Å². The lowest BCUT2D eigenvalue weighted by molar-refractivity contribution is -0.133. The van der Waals surface area contributed by atoms with Crippen molar-refractivity contribution >= 4 is 23.5 Å². The Morgan fingerprint density at radius 2 is 1.82 bits per heavy atom. The van der Waals surface area contributed by atoms with E-state index in [1.165, 1.54) is 0 Å². The van der Waals surface area contributed by atoms with E-state index in [1.807, 2.05) is 38.1 Å². The first-order valence-electron chi connectivity index (χ1n) is 8.77. The van der Waals surface area contributed by atoms with Gasteiger partial charge in [0.05, 0.1) is 11.6 Å². The highest BCUT2D eigenvalue weighted by Gasteiger charge is 2.49. The van der Waals surface area contributed by atoms with Gasteiger partial charge in [0.15, 0.2) is 0 Å². The number of nitrogens with one attached hydrogen (secondary N) is 2. The molecule has 2 N–H and O–H groups in total. The monoisotopic (exact) mass is 376 g/mol. The Hall–Kier alpha value is -3.66. The lowest BCUT2D eigenvalue weighted by Gasteiger charge is -2.22. The first kappa shape index (κ1) is 19.1. The Morgan fingerprint density at radius 3 is 2.46 bits per heavy atom. The molecule has 3 rings (SSSR count). The van der Waals surface area contributed by atoms with Gasteiger partial charge in [-0.1, -0.05) is 30.3 Å². The molecule has 4 amide bonds. The number of imide groups is 1. The first-order chi connectivity index (χ1) is 13.3. The number of nitrogens with zero attached hydrogens (tertiary/aromatic N) is 2. The quantitative estimate of drug-likeness (QED) is 0.801. The van der Waals surface area contributed by atoms with Crippen LogP contribution in [0, 0.1) is 25.2 Å². The van der Waals surface area contributed by atoms with Crippen LogP contribution in [-0.2, 0) is 15.1 Å². The van der Waals surface area contributed by atoms with Gasteiger partial charge in [0, 0.05) is 5.69 Å². The molecule has 0 aromatic heterocycles. The minimum absolute atomic E-state index is 0.381. The molecule has 1 aliphatic rings. The summed E-state index contributed by atoms with van der Waals surface area (Å²) < 4.78 is 0. The Labute approximate surface area is 163 Å².